The van der Waals surface area contributed by atoms with Crippen molar-refractivity contribution >= 4 is 17.5 Å². The Morgan fingerprint density at radius 3 is 2.58 bits per heavy atom. The fraction of sp³-hybridized carbons (Fsp3) is 0.375. The van der Waals surface area contributed by atoms with Gasteiger partial charge in [-0.2, -0.15) is 8.78 Å². The standard InChI is InChI=1S/C16H18ClF2N3O2/c1-16(2,24-12-6-4-11(17)5-7-12)14(23)21(3)10-13-20-8-9-22(13)15(18)19/h4-9,15H,10H2,1-3H3. The molecule has 2 rings (SSSR count). The van der Waals surface area contributed by atoms with E-state index >= 15 is 0 Å². The largest absolute Gasteiger partial charge is 0.478 e. The van der Waals surface area contributed by atoms with Crippen molar-refractivity contribution < 1.29 is 18.3 Å². The molecule has 0 saturated heterocycles. The summed E-state index contributed by atoms with van der Waals surface area (Å²) in [4.78, 5) is 17.8. The first-order valence-electron chi connectivity index (χ1n) is 7.20. The number of amides is 1. The zero-order valence-corrected chi connectivity index (χ0v) is 14.3. The highest BCUT2D eigenvalue weighted by atomic mass is 35.5. The predicted octanol–water partition coefficient (Wildman–Crippen LogP) is 3.75. The molecular weight excluding hydrogens is 340 g/mol. The van der Waals surface area contributed by atoms with E-state index in [0.717, 1.165) is 4.57 Å². The van der Waals surface area contributed by atoms with Gasteiger partial charge in [0.1, 0.15) is 11.6 Å². The molecule has 0 aliphatic carbocycles. The van der Waals surface area contributed by atoms with Gasteiger partial charge < -0.3 is 9.64 Å². The monoisotopic (exact) mass is 357 g/mol. The van der Waals surface area contributed by atoms with Crippen LogP contribution in [0.1, 0.15) is 26.2 Å². The highest BCUT2D eigenvalue weighted by Gasteiger charge is 2.33. The molecule has 0 atom stereocenters. The molecule has 1 aromatic carbocycles. The molecule has 0 unspecified atom stereocenters. The Morgan fingerprint density at radius 2 is 2.00 bits per heavy atom. The molecule has 1 amide bonds. The summed E-state index contributed by atoms with van der Waals surface area (Å²) < 4.78 is 32.1. The number of carbonyl (C=O) groups is 1. The van der Waals surface area contributed by atoms with Crippen molar-refractivity contribution in [2.24, 2.45) is 0 Å². The van der Waals surface area contributed by atoms with Crippen molar-refractivity contribution in [1.82, 2.24) is 14.5 Å². The summed E-state index contributed by atoms with van der Waals surface area (Å²) in [5.41, 5.74) is -1.18. The maximum absolute atomic E-state index is 12.9. The highest BCUT2D eigenvalue weighted by molar-refractivity contribution is 6.30. The summed E-state index contributed by atoms with van der Waals surface area (Å²) in [6.45, 7) is 0.466. The van der Waals surface area contributed by atoms with Gasteiger partial charge in [0.15, 0.2) is 5.60 Å². The fourth-order valence-corrected chi connectivity index (χ4v) is 2.35. The first-order chi connectivity index (χ1) is 11.2. The van der Waals surface area contributed by atoms with Crippen molar-refractivity contribution in [3.8, 4) is 5.75 Å². The third kappa shape index (κ3) is 4.23. The van der Waals surface area contributed by atoms with Crippen LogP contribution in [0, 0.1) is 0 Å². The molecule has 0 spiro atoms. The van der Waals surface area contributed by atoms with Crippen LogP contribution in [0.3, 0.4) is 0 Å². The topological polar surface area (TPSA) is 47.4 Å². The normalized spacial score (nSPS) is 11.6. The van der Waals surface area contributed by atoms with Gasteiger partial charge in [-0.1, -0.05) is 11.6 Å². The number of aromatic nitrogens is 2. The minimum Gasteiger partial charge on any atom is -0.478 e. The van der Waals surface area contributed by atoms with Crippen LogP contribution in [0.25, 0.3) is 0 Å². The molecule has 0 aliphatic rings. The van der Waals surface area contributed by atoms with Crippen LogP contribution in [0.4, 0.5) is 8.78 Å². The fourth-order valence-electron chi connectivity index (χ4n) is 2.23. The quantitative estimate of drug-likeness (QED) is 0.791. The predicted molar refractivity (Wildman–Crippen MR) is 86.1 cm³/mol. The van der Waals surface area contributed by atoms with E-state index in [0.29, 0.717) is 10.8 Å². The Labute approximate surface area is 143 Å². The molecule has 2 aromatic rings. The molecular formula is C16H18ClF2N3O2. The van der Waals surface area contributed by atoms with Crippen LogP contribution < -0.4 is 4.74 Å². The van der Waals surface area contributed by atoms with E-state index in [1.807, 2.05) is 0 Å². The molecule has 1 aromatic heterocycles. The van der Waals surface area contributed by atoms with Gasteiger partial charge >= 0.3 is 6.55 Å². The Kier molecular flexibility index (Phi) is 5.43. The van der Waals surface area contributed by atoms with Crippen molar-refractivity contribution in [2.75, 3.05) is 7.05 Å². The third-order valence-corrected chi connectivity index (χ3v) is 3.64. The van der Waals surface area contributed by atoms with Gasteiger partial charge in [-0.3, -0.25) is 9.36 Å². The molecule has 24 heavy (non-hydrogen) atoms. The second kappa shape index (κ2) is 7.17. The summed E-state index contributed by atoms with van der Waals surface area (Å²) in [7, 11) is 1.51. The van der Waals surface area contributed by atoms with Gasteiger partial charge in [0.25, 0.3) is 5.91 Å². The van der Waals surface area contributed by atoms with Crippen LogP contribution in [0.5, 0.6) is 5.75 Å². The Bertz CT molecular complexity index is 702. The Morgan fingerprint density at radius 1 is 1.38 bits per heavy atom. The summed E-state index contributed by atoms with van der Waals surface area (Å²) in [6, 6.07) is 6.61. The molecule has 0 bridgehead atoms. The van der Waals surface area contributed by atoms with E-state index in [9.17, 15) is 13.6 Å². The molecule has 8 heteroatoms. The summed E-state index contributed by atoms with van der Waals surface area (Å²) in [5.74, 6) is 0.227. The second-order valence-electron chi connectivity index (χ2n) is 5.76. The van der Waals surface area contributed by atoms with Crippen LogP contribution in [-0.4, -0.2) is 33.0 Å². The Hall–Kier alpha value is -2.15. The van der Waals surface area contributed by atoms with E-state index < -0.39 is 12.2 Å². The molecule has 0 aliphatic heterocycles. The number of halogens is 3. The molecule has 0 radical (unpaired) electrons. The van der Waals surface area contributed by atoms with Crippen molar-refractivity contribution in [1.29, 1.82) is 0 Å². The maximum atomic E-state index is 12.9. The average molecular weight is 358 g/mol. The first kappa shape index (κ1) is 18.2. The van der Waals surface area contributed by atoms with Gasteiger partial charge in [0, 0.05) is 24.5 Å². The van der Waals surface area contributed by atoms with Crippen LogP contribution in [0.2, 0.25) is 5.02 Å². The molecule has 130 valence electrons. The number of hydrogen-bond donors (Lipinski definition) is 0. The van der Waals surface area contributed by atoms with Gasteiger partial charge in [-0.15, -0.1) is 0 Å². The number of nitrogens with zero attached hydrogens (tertiary/aromatic N) is 3. The van der Waals surface area contributed by atoms with Crippen molar-refractivity contribution in [3.63, 3.8) is 0 Å². The van der Waals surface area contributed by atoms with Gasteiger partial charge in [0.2, 0.25) is 0 Å². The minimum absolute atomic E-state index is 0.0520. The van der Waals surface area contributed by atoms with E-state index in [2.05, 4.69) is 4.98 Å². The van der Waals surface area contributed by atoms with Gasteiger partial charge in [0.05, 0.1) is 6.54 Å². The molecule has 0 saturated carbocycles. The van der Waals surface area contributed by atoms with Crippen LogP contribution in [-0.2, 0) is 11.3 Å². The van der Waals surface area contributed by atoms with E-state index in [-0.39, 0.29) is 18.3 Å². The summed E-state index contributed by atoms with van der Waals surface area (Å²) >= 11 is 5.81. The number of imidazole rings is 1. The van der Waals surface area contributed by atoms with Crippen molar-refractivity contribution in [2.45, 2.75) is 32.5 Å². The lowest BCUT2D eigenvalue weighted by molar-refractivity contribution is -0.144. The number of rotatable bonds is 6. The van der Waals surface area contributed by atoms with Crippen LogP contribution in [0.15, 0.2) is 36.7 Å². The molecule has 1 heterocycles. The molecule has 0 fully saturated rings. The van der Waals surface area contributed by atoms with Gasteiger partial charge in [-0.25, -0.2) is 4.98 Å². The smallest absolute Gasteiger partial charge is 0.319 e. The van der Waals surface area contributed by atoms with E-state index in [1.54, 1.807) is 38.1 Å². The molecule has 5 nitrogen and oxygen atoms in total. The zero-order valence-electron chi connectivity index (χ0n) is 13.5. The lowest BCUT2D eigenvalue weighted by Crippen LogP contribution is -2.47. The number of likely N-dealkylation sites (N-methyl/N-ethyl adjacent to an activating group) is 1. The lowest BCUT2D eigenvalue weighted by Gasteiger charge is -2.30. The SMILES string of the molecule is CN(Cc1nccn1C(F)F)C(=O)C(C)(C)Oc1ccc(Cl)cc1. The Balaban J connectivity index is 2.07. The lowest BCUT2D eigenvalue weighted by atomic mass is 10.1. The van der Waals surface area contributed by atoms with E-state index in [1.165, 1.54) is 24.3 Å². The van der Waals surface area contributed by atoms with Crippen LogP contribution >= 0.6 is 11.6 Å². The summed E-state index contributed by atoms with van der Waals surface area (Å²) in [5, 5.41) is 0.558. The molecule has 0 N–H and O–H groups in total. The number of ether oxygens (including phenoxy) is 1. The maximum Gasteiger partial charge on any atom is 0.319 e. The highest BCUT2D eigenvalue weighted by Crippen LogP contribution is 2.23. The number of hydrogen-bond acceptors (Lipinski definition) is 3. The van der Waals surface area contributed by atoms with Gasteiger partial charge in [-0.05, 0) is 38.1 Å². The zero-order chi connectivity index (χ0) is 17.9. The number of benzene rings is 1. The third-order valence-electron chi connectivity index (χ3n) is 3.39. The first-order valence-corrected chi connectivity index (χ1v) is 7.58. The average Bonchev–Trinajstić information content (AvgIpc) is 2.97. The minimum atomic E-state index is -2.70. The van der Waals surface area contributed by atoms with E-state index in [4.69, 9.17) is 16.3 Å². The number of carbonyl (C=O) groups excluding carboxylic acids is 1. The van der Waals surface area contributed by atoms with Crippen molar-refractivity contribution in [3.05, 3.63) is 47.5 Å². The second-order valence-corrected chi connectivity index (χ2v) is 6.19. The number of alkyl halides is 2. The summed E-state index contributed by atoms with van der Waals surface area (Å²) in [6.07, 6.45) is 2.45.